The molecule has 0 radical (unpaired) electrons. The van der Waals surface area contributed by atoms with Crippen molar-refractivity contribution >= 4 is 11.6 Å². The zero-order chi connectivity index (χ0) is 10.0. The Balaban J connectivity index is 3.44. The number of alkyl halides is 3. The van der Waals surface area contributed by atoms with Gasteiger partial charge in [0.05, 0.1) is 11.4 Å². The molecule has 0 atom stereocenters. The second-order valence-electron chi connectivity index (χ2n) is 2.33. The first-order chi connectivity index (χ1) is 6.07. The average molecular weight is 210 g/mol. The monoisotopic (exact) mass is 209 g/mol. The van der Waals surface area contributed by atoms with Crippen LogP contribution in [0, 0.1) is 0 Å². The molecule has 1 rings (SSSR count). The van der Waals surface area contributed by atoms with E-state index < -0.39 is 23.3 Å². The average Bonchev–Trinajstić information content (AvgIpc) is 2.07. The molecule has 3 nitrogen and oxygen atoms in total. The van der Waals surface area contributed by atoms with Gasteiger partial charge in [0, 0.05) is 11.8 Å². The highest BCUT2D eigenvalue weighted by Crippen LogP contribution is 2.26. The highest BCUT2D eigenvalue weighted by molar-refractivity contribution is 6.17. The number of pyridine rings is 1. The van der Waals surface area contributed by atoms with Crippen molar-refractivity contribution in [2.45, 2.75) is 12.3 Å². The Bertz CT molecular complexity index is 364. The second kappa shape index (κ2) is 3.74. The molecule has 0 aromatic carbocycles. The topological polar surface area (TPSA) is 53.1 Å². The predicted molar refractivity (Wildman–Crippen MR) is 43.2 cm³/mol. The van der Waals surface area contributed by atoms with E-state index in [1.54, 1.807) is 0 Å². The van der Waals surface area contributed by atoms with Crippen molar-refractivity contribution in [3.63, 3.8) is 0 Å². The van der Waals surface area contributed by atoms with Crippen LogP contribution in [0.3, 0.4) is 0 Å². The first-order valence-corrected chi connectivity index (χ1v) is 3.89. The van der Waals surface area contributed by atoms with Gasteiger partial charge in [-0.05, 0) is 0 Å². The molecule has 13 heavy (non-hydrogen) atoms. The van der Waals surface area contributed by atoms with Crippen molar-refractivity contribution in [2.75, 3.05) is 0 Å². The molecule has 0 spiro atoms. The van der Waals surface area contributed by atoms with Gasteiger partial charge in [-0.3, -0.25) is 4.79 Å². The normalized spacial score (nSPS) is 10.8. The number of hydrogen-bond donors (Lipinski definition) is 2. The molecular weight excluding hydrogens is 204 g/mol. The van der Waals surface area contributed by atoms with Gasteiger partial charge in [-0.1, -0.05) is 0 Å². The van der Waals surface area contributed by atoms with Crippen molar-refractivity contribution in [1.82, 2.24) is 4.98 Å². The van der Waals surface area contributed by atoms with Crippen LogP contribution in [0.5, 0.6) is 5.75 Å². The predicted octanol–water partition coefficient (Wildman–Crippen LogP) is 1.76. The van der Waals surface area contributed by atoms with Crippen LogP contribution in [-0.4, -0.2) is 10.1 Å². The molecule has 6 heteroatoms. The van der Waals surface area contributed by atoms with Gasteiger partial charge in [-0.25, -0.2) is 8.78 Å². The summed E-state index contributed by atoms with van der Waals surface area (Å²) in [6, 6.07) is 0. The van der Waals surface area contributed by atoms with Crippen LogP contribution in [0.4, 0.5) is 8.78 Å². The van der Waals surface area contributed by atoms with E-state index in [-0.39, 0.29) is 11.4 Å². The number of aromatic amines is 1. The SMILES string of the molecule is O=c1[nH]cc(O)c(CCl)c1C(F)F. The van der Waals surface area contributed by atoms with E-state index in [4.69, 9.17) is 16.7 Å². The maximum atomic E-state index is 12.3. The highest BCUT2D eigenvalue weighted by Gasteiger charge is 2.19. The van der Waals surface area contributed by atoms with E-state index in [0.29, 0.717) is 0 Å². The minimum atomic E-state index is -2.94. The molecular formula is C7H6ClF2NO2. The van der Waals surface area contributed by atoms with Gasteiger partial charge in [-0.2, -0.15) is 0 Å². The number of aromatic hydroxyl groups is 1. The van der Waals surface area contributed by atoms with Crippen LogP contribution < -0.4 is 5.56 Å². The third-order valence-corrected chi connectivity index (χ3v) is 1.84. The number of aromatic nitrogens is 1. The van der Waals surface area contributed by atoms with Crippen LogP contribution in [0.15, 0.2) is 11.0 Å². The van der Waals surface area contributed by atoms with Gasteiger partial charge in [0.2, 0.25) is 0 Å². The smallest absolute Gasteiger partial charge is 0.269 e. The van der Waals surface area contributed by atoms with E-state index in [1.807, 2.05) is 4.98 Å². The molecule has 0 aliphatic carbocycles. The molecule has 0 aliphatic rings. The molecule has 1 aromatic rings. The Hall–Kier alpha value is -1.10. The van der Waals surface area contributed by atoms with E-state index in [9.17, 15) is 13.6 Å². The highest BCUT2D eigenvalue weighted by atomic mass is 35.5. The fraction of sp³-hybridized carbons (Fsp3) is 0.286. The Morgan fingerprint density at radius 1 is 1.62 bits per heavy atom. The number of halogens is 3. The first kappa shape index (κ1) is 9.98. The number of rotatable bonds is 2. The molecule has 0 fully saturated rings. The van der Waals surface area contributed by atoms with Gasteiger partial charge in [0.25, 0.3) is 12.0 Å². The molecule has 0 saturated heterocycles. The lowest BCUT2D eigenvalue weighted by Crippen LogP contribution is -2.15. The second-order valence-corrected chi connectivity index (χ2v) is 2.60. The zero-order valence-corrected chi connectivity index (χ0v) is 7.11. The Morgan fingerprint density at radius 3 is 2.62 bits per heavy atom. The van der Waals surface area contributed by atoms with Gasteiger partial charge in [0.1, 0.15) is 5.75 Å². The van der Waals surface area contributed by atoms with Gasteiger partial charge in [0.15, 0.2) is 0 Å². The lowest BCUT2D eigenvalue weighted by atomic mass is 10.1. The molecule has 0 amide bonds. The lowest BCUT2D eigenvalue weighted by Gasteiger charge is -2.05. The van der Waals surface area contributed by atoms with Gasteiger partial charge >= 0.3 is 0 Å². The van der Waals surface area contributed by atoms with E-state index in [1.165, 1.54) is 0 Å². The maximum Gasteiger partial charge on any atom is 0.269 e. The quantitative estimate of drug-likeness (QED) is 0.730. The van der Waals surface area contributed by atoms with E-state index >= 15 is 0 Å². The summed E-state index contributed by atoms with van der Waals surface area (Å²) in [6.45, 7) is 0. The zero-order valence-electron chi connectivity index (χ0n) is 6.35. The summed E-state index contributed by atoms with van der Waals surface area (Å²) in [5.41, 5.74) is -1.92. The van der Waals surface area contributed by atoms with Crippen LogP contribution >= 0.6 is 11.6 Å². The van der Waals surface area contributed by atoms with Crippen molar-refractivity contribution in [3.8, 4) is 5.75 Å². The summed E-state index contributed by atoms with van der Waals surface area (Å²) in [5.74, 6) is -0.750. The first-order valence-electron chi connectivity index (χ1n) is 3.35. The van der Waals surface area contributed by atoms with Crippen molar-refractivity contribution in [1.29, 1.82) is 0 Å². The number of nitrogens with one attached hydrogen (secondary N) is 1. The summed E-state index contributed by atoms with van der Waals surface area (Å²) < 4.78 is 24.5. The fourth-order valence-corrected chi connectivity index (χ4v) is 1.23. The minimum absolute atomic E-state index is 0.222. The van der Waals surface area contributed by atoms with Crippen LogP contribution in [0.25, 0.3) is 0 Å². The summed E-state index contributed by atoms with van der Waals surface area (Å²) in [6.07, 6.45) is -2.00. The number of H-pyrrole nitrogens is 1. The van der Waals surface area contributed by atoms with Crippen molar-refractivity contribution in [2.24, 2.45) is 0 Å². The molecule has 2 N–H and O–H groups in total. The molecule has 72 valence electrons. The summed E-state index contributed by atoms with van der Waals surface area (Å²) >= 11 is 5.31. The van der Waals surface area contributed by atoms with Crippen molar-refractivity contribution in [3.05, 3.63) is 27.7 Å². The number of hydrogen-bond acceptors (Lipinski definition) is 2. The summed E-state index contributed by atoms with van der Waals surface area (Å²) in [5, 5.41) is 9.08. The Labute approximate surface area is 77.0 Å². The van der Waals surface area contributed by atoms with E-state index in [2.05, 4.69) is 0 Å². The van der Waals surface area contributed by atoms with Gasteiger partial charge in [-0.15, -0.1) is 11.6 Å². The molecule has 0 aliphatic heterocycles. The maximum absolute atomic E-state index is 12.3. The van der Waals surface area contributed by atoms with Crippen LogP contribution in [0.2, 0.25) is 0 Å². The summed E-state index contributed by atoms with van der Waals surface area (Å²) in [7, 11) is 0. The molecule has 1 aromatic heterocycles. The van der Waals surface area contributed by atoms with Crippen LogP contribution in [-0.2, 0) is 5.88 Å². The van der Waals surface area contributed by atoms with Crippen molar-refractivity contribution < 1.29 is 13.9 Å². The fourth-order valence-electron chi connectivity index (χ4n) is 0.945. The Morgan fingerprint density at radius 2 is 2.23 bits per heavy atom. The molecule has 0 unspecified atom stereocenters. The molecule has 0 saturated carbocycles. The van der Waals surface area contributed by atoms with Gasteiger partial charge < -0.3 is 10.1 Å². The lowest BCUT2D eigenvalue weighted by molar-refractivity contribution is 0.148. The van der Waals surface area contributed by atoms with Crippen LogP contribution in [0.1, 0.15) is 17.6 Å². The molecule has 0 bridgehead atoms. The van der Waals surface area contributed by atoms with E-state index in [0.717, 1.165) is 6.20 Å². The third kappa shape index (κ3) is 1.80. The standard InChI is InChI=1S/C7H6ClF2NO2/c8-1-3-4(12)2-11-7(13)5(3)6(9)10/h2,6,12H,1H2,(H,11,13). The minimum Gasteiger partial charge on any atom is -0.506 e. The third-order valence-electron chi connectivity index (χ3n) is 1.57. The largest absolute Gasteiger partial charge is 0.506 e. The Kier molecular flexibility index (Phi) is 2.87. The molecule has 1 heterocycles. The summed E-state index contributed by atoms with van der Waals surface area (Å²) in [4.78, 5) is 12.9.